The lowest BCUT2D eigenvalue weighted by atomic mass is 10.2. The first kappa shape index (κ1) is 25.9. The molecular formula is C33H29O3P2+. The number of hydrogen-bond acceptors (Lipinski definition) is 3. The Hall–Kier alpha value is -3.77. The van der Waals surface area contributed by atoms with Gasteiger partial charge in [0.1, 0.15) is 12.4 Å². The van der Waals surface area contributed by atoms with E-state index in [-0.39, 0.29) is 6.61 Å². The van der Waals surface area contributed by atoms with Gasteiger partial charge in [0.25, 0.3) is 0 Å². The third kappa shape index (κ3) is 5.27. The van der Waals surface area contributed by atoms with Gasteiger partial charge < -0.3 is 9.30 Å². The largest absolute Gasteiger partial charge is 0.488 e. The standard InChI is InChI=1S/C33H29O3P2/c1-2-26-22-23-31(36-25-27-14-12-13-21-32(27)37(34)28-15-6-3-7-16-28)33(24-26)38(35,29-17-8-4-9-18-29)30-19-10-5-11-20-30/h3-24H,2,25H2,1H3/q+1. The molecule has 0 aromatic heterocycles. The zero-order chi connectivity index (χ0) is 26.4. The normalized spacial score (nSPS) is 11.7. The van der Waals surface area contributed by atoms with Crippen LogP contribution in [0.3, 0.4) is 0 Å². The zero-order valence-corrected chi connectivity index (χ0v) is 23.0. The smallest absolute Gasteiger partial charge is 0.415 e. The van der Waals surface area contributed by atoms with Crippen molar-refractivity contribution < 1.29 is 13.9 Å². The van der Waals surface area contributed by atoms with Crippen LogP contribution in [0, 0.1) is 0 Å². The van der Waals surface area contributed by atoms with Crippen LogP contribution in [-0.4, -0.2) is 0 Å². The van der Waals surface area contributed by atoms with E-state index < -0.39 is 14.9 Å². The van der Waals surface area contributed by atoms with Crippen molar-refractivity contribution in [1.82, 2.24) is 0 Å². The van der Waals surface area contributed by atoms with Crippen molar-refractivity contribution in [1.29, 1.82) is 0 Å². The Morgan fingerprint density at radius 3 is 1.84 bits per heavy atom. The SMILES string of the molecule is CCc1ccc(OCc2ccccc2[P+](=O)c2ccccc2)c(P(=O)(c2ccccc2)c2ccccc2)c1. The van der Waals surface area contributed by atoms with Crippen molar-refractivity contribution in [2.75, 3.05) is 0 Å². The van der Waals surface area contributed by atoms with Gasteiger partial charge in [0.2, 0.25) is 5.30 Å². The van der Waals surface area contributed by atoms with Gasteiger partial charge >= 0.3 is 7.80 Å². The highest BCUT2D eigenvalue weighted by Crippen LogP contribution is 2.45. The first-order valence-electron chi connectivity index (χ1n) is 12.7. The summed E-state index contributed by atoms with van der Waals surface area (Å²) in [5.41, 5.74) is 1.93. The van der Waals surface area contributed by atoms with E-state index in [0.717, 1.165) is 38.8 Å². The maximum Gasteiger partial charge on any atom is 0.415 e. The van der Waals surface area contributed by atoms with E-state index in [0.29, 0.717) is 11.1 Å². The highest BCUT2D eigenvalue weighted by Gasteiger charge is 2.33. The van der Waals surface area contributed by atoms with Crippen LogP contribution in [0.1, 0.15) is 18.1 Å². The molecule has 1 atom stereocenters. The van der Waals surface area contributed by atoms with Crippen molar-refractivity contribution in [3.05, 3.63) is 145 Å². The lowest BCUT2D eigenvalue weighted by Crippen LogP contribution is -2.27. The van der Waals surface area contributed by atoms with Crippen LogP contribution in [0.5, 0.6) is 5.75 Å². The van der Waals surface area contributed by atoms with Gasteiger partial charge in [-0.15, -0.1) is 0 Å². The first-order valence-corrected chi connectivity index (χ1v) is 15.7. The van der Waals surface area contributed by atoms with Crippen molar-refractivity contribution in [2.45, 2.75) is 20.0 Å². The summed E-state index contributed by atoms with van der Waals surface area (Å²) >= 11 is 0. The third-order valence-corrected chi connectivity index (χ3v) is 11.3. The molecule has 0 spiro atoms. The summed E-state index contributed by atoms with van der Waals surface area (Å²) < 4.78 is 35.0. The zero-order valence-electron chi connectivity index (χ0n) is 21.2. The van der Waals surface area contributed by atoms with E-state index in [1.54, 1.807) is 0 Å². The van der Waals surface area contributed by atoms with Crippen LogP contribution in [0.15, 0.2) is 133 Å². The molecule has 3 nitrogen and oxygen atoms in total. The molecule has 188 valence electrons. The molecule has 0 radical (unpaired) electrons. The Bertz CT molecular complexity index is 1540. The summed E-state index contributed by atoms with van der Waals surface area (Å²) in [5, 5.41) is 3.73. The molecule has 0 bridgehead atoms. The maximum atomic E-state index is 15.2. The van der Waals surface area contributed by atoms with Crippen molar-refractivity contribution in [3.63, 3.8) is 0 Å². The Morgan fingerprint density at radius 1 is 0.684 bits per heavy atom. The highest BCUT2D eigenvalue weighted by atomic mass is 31.2. The molecule has 1 unspecified atom stereocenters. The topological polar surface area (TPSA) is 43.4 Å². The van der Waals surface area contributed by atoms with Crippen LogP contribution < -0.4 is 31.3 Å². The van der Waals surface area contributed by atoms with Gasteiger partial charge in [0, 0.05) is 16.2 Å². The van der Waals surface area contributed by atoms with E-state index in [9.17, 15) is 4.57 Å². The quantitative estimate of drug-likeness (QED) is 0.210. The predicted octanol–water partition coefficient (Wildman–Crippen LogP) is 6.25. The summed E-state index contributed by atoms with van der Waals surface area (Å²) in [7, 11) is -5.00. The summed E-state index contributed by atoms with van der Waals surface area (Å²) in [6.07, 6.45) is 0.817. The molecule has 5 aromatic carbocycles. The van der Waals surface area contributed by atoms with Crippen LogP contribution in [0.25, 0.3) is 0 Å². The monoisotopic (exact) mass is 535 g/mol. The average molecular weight is 536 g/mol. The summed E-state index contributed by atoms with van der Waals surface area (Å²) in [5.74, 6) is 0.572. The van der Waals surface area contributed by atoms with Gasteiger partial charge in [-0.3, -0.25) is 0 Å². The Kier molecular flexibility index (Phi) is 7.99. The first-order chi connectivity index (χ1) is 18.6. The minimum absolute atomic E-state index is 0.214. The van der Waals surface area contributed by atoms with Gasteiger partial charge in [0.15, 0.2) is 12.4 Å². The van der Waals surface area contributed by atoms with Gasteiger partial charge in [-0.05, 0) is 42.3 Å². The second kappa shape index (κ2) is 11.7. The molecule has 0 saturated heterocycles. The second-order valence-electron chi connectivity index (χ2n) is 8.98. The summed E-state index contributed by atoms with van der Waals surface area (Å²) in [4.78, 5) is 0. The average Bonchev–Trinajstić information content (AvgIpc) is 3.00. The van der Waals surface area contributed by atoms with E-state index >= 15 is 4.57 Å². The fourth-order valence-corrected chi connectivity index (χ4v) is 8.72. The maximum absolute atomic E-state index is 15.2. The molecule has 0 aliphatic rings. The van der Waals surface area contributed by atoms with Crippen molar-refractivity contribution in [2.24, 2.45) is 0 Å². The number of benzene rings is 5. The van der Waals surface area contributed by atoms with Gasteiger partial charge in [-0.2, -0.15) is 0 Å². The van der Waals surface area contributed by atoms with E-state index in [2.05, 4.69) is 6.92 Å². The predicted molar refractivity (Wildman–Crippen MR) is 159 cm³/mol. The highest BCUT2D eigenvalue weighted by molar-refractivity contribution is 7.85. The molecule has 0 aliphatic carbocycles. The molecule has 5 heteroatoms. The molecule has 5 aromatic rings. The van der Waals surface area contributed by atoms with Crippen LogP contribution in [0.4, 0.5) is 0 Å². The van der Waals surface area contributed by atoms with E-state index in [1.165, 1.54) is 0 Å². The van der Waals surface area contributed by atoms with E-state index in [4.69, 9.17) is 4.74 Å². The third-order valence-electron chi connectivity index (χ3n) is 6.59. The Morgan fingerprint density at radius 2 is 1.24 bits per heavy atom. The molecular weight excluding hydrogens is 506 g/mol. The lowest BCUT2D eigenvalue weighted by molar-refractivity contribution is 0.309. The van der Waals surface area contributed by atoms with Crippen LogP contribution in [0.2, 0.25) is 0 Å². The fraction of sp³-hybridized carbons (Fsp3) is 0.0909. The van der Waals surface area contributed by atoms with Crippen molar-refractivity contribution >= 4 is 41.5 Å². The molecule has 0 heterocycles. The molecule has 0 saturated carbocycles. The van der Waals surface area contributed by atoms with Gasteiger partial charge in [-0.1, -0.05) is 115 Å². The fourth-order valence-electron chi connectivity index (χ4n) is 4.54. The van der Waals surface area contributed by atoms with Crippen LogP contribution in [-0.2, 0) is 22.2 Å². The Balaban J connectivity index is 1.57. The molecule has 0 fully saturated rings. The summed E-state index contributed by atoms with van der Waals surface area (Å²) in [6.45, 7) is 2.30. The number of aryl methyl sites for hydroxylation is 1. The van der Waals surface area contributed by atoms with Gasteiger partial charge in [0.05, 0.1) is 5.30 Å². The van der Waals surface area contributed by atoms with Gasteiger partial charge in [-0.25, -0.2) is 0 Å². The minimum atomic E-state index is -3.24. The second-order valence-corrected chi connectivity index (χ2v) is 13.3. The van der Waals surface area contributed by atoms with Crippen molar-refractivity contribution in [3.8, 4) is 5.75 Å². The van der Waals surface area contributed by atoms with E-state index in [1.807, 2.05) is 133 Å². The lowest BCUT2D eigenvalue weighted by Gasteiger charge is -2.23. The molecule has 0 N–H and O–H groups in total. The molecule has 5 rings (SSSR count). The van der Waals surface area contributed by atoms with Crippen LogP contribution >= 0.6 is 14.9 Å². The molecule has 38 heavy (non-hydrogen) atoms. The number of rotatable bonds is 9. The minimum Gasteiger partial charge on any atom is -0.488 e. The molecule has 0 amide bonds. The number of ether oxygens (including phenoxy) is 1. The Labute approximate surface area is 225 Å². The number of hydrogen-bond donors (Lipinski definition) is 0. The summed E-state index contributed by atoms with van der Waals surface area (Å²) in [6, 6.07) is 42.4. The molecule has 0 aliphatic heterocycles.